The van der Waals surface area contributed by atoms with Gasteiger partial charge in [0.2, 0.25) is 0 Å². The quantitative estimate of drug-likeness (QED) is 0.575. The Hall–Kier alpha value is -1.83. The number of carbonyl (C=O) groups is 2. The first-order valence-electron chi connectivity index (χ1n) is 6.52. The SMILES string of the molecule is CC(C)(C)OC(=O)NC1CCCN=CC1NNC(=O)O. The Morgan fingerprint density at radius 3 is 2.70 bits per heavy atom. The molecule has 4 N–H and O–H groups in total. The highest BCUT2D eigenvalue weighted by molar-refractivity contribution is 5.72. The van der Waals surface area contributed by atoms with E-state index in [0.717, 1.165) is 6.42 Å². The highest BCUT2D eigenvalue weighted by Gasteiger charge is 2.26. The minimum absolute atomic E-state index is 0.289. The molecule has 114 valence electrons. The predicted octanol–water partition coefficient (Wildman–Crippen LogP) is 0.885. The Morgan fingerprint density at radius 2 is 2.10 bits per heavy atom. The van der Waals surface area contributed by atoms with Crippen molar-refractivity contribution in [3.05, 3.63) is 0 Å². The van der Waals surface area contributed by atoms with E-state index in [9.17, 15) is 9.59 Å². The zero-order valence-electron chi connectivity index (χ0n) is 12.0. The van der Waals surface area contributed by atoms with Crippen molar-refractivity contribution in [3.8, 4) is 0 Å². The molecule has 0 aromatic rings. The van der Waals surface area contributed by atoms with Gasteiger partial charge in [0.1, 0.15) is 5.60 Å². The van der Waals surface area contributed by atoms with Crippen LogP contribution in [0.25, 0.3) is 0 Å². The molecule has 20 heavy (non-hydrogen) atoms. The van der Waals surface area contributed by atoms with Gasteiger partial charge in [0.05, 0.1) is 12.1 Å². The van der Waals surface area contributed by atoms with Gasteiger partial charge in [-0.05, 0) is 33.6 Å². The summed E-state index contributed by atoms with van der Waals surface area (Å²) in [4.78, 5) is 26.4. The largest absolute Gasteiger partial charge is 0.464 e. The predicted molar refractivity (Wildman–Crippen MR) is 73.8 cm³/mol. The summed E-state index contributed by atoms with van der Waals surface area (Å²) in [6, 6.07) is -0.705. The molecule has 0 aromatic carbocycles. The fraction of sp³-hybridized carbons (Fsp3) is 0.750. The number of hydrogen-bond donors (Lipinski definition) is 4. The summed E-state index contributed by atoms with van der Waals surface area (Å²) in [5, 5.41) is 11.3. The highest BCUT2D eigenvalue weighted by Crippen LogP contribution is 2.10. The van der Waals surface area contributed by atoms with Gasteiger partial charge in [0.25, 0.3) is 0 Å². The van der Waals surface area contributed by atoms with Crippen LogP contribution in [0.4, 0.5) is 9.59 Å². The zero-order chi connectivity index (χ0) is 15.2. The molecule has 0 fully saturated rings. The van der Waals surface area contributed by atoms with Crippen LogP contribution < -0.4 is 16.2 Å². The molecule has 8 nitrogen and oxygen atoms in total. The Bertz CT molecular complexity index is 378. The van der Waals surface area contributed by atoms with Gasteiger partial charge in [-0.3, -0.25) is 10.4 Å². The van der Waals surface area contributed by atoms with Crippen LogP contribution in [0.1, 0.15) is 33.6 Å². The van der Waals surface area contributed by atoms with Gasteiger partial charge in [-0.2, -0.15) is 0 Å². The first-order chi connectivity index (χ1) is 9.28. The second-order valence-corrected chi connectivity index (χ2v) is 5.55. The number of hydrogen-bond acceptors (Lipinski definition) is 5. The summed E-state index contributed by atoms with van der Waals surface area (Å²) in [5.74, 6) is 0. The lowest BCUT2D eigenvalue weighted by atomic mass is 10.1. The number of ether oxygens (including phenoxy) is 1. The summed E-state index contributed by atoms with van der Waals surface area (Å²) in [6.45, 7) is 5.99. The normalized spacial score (nSPS) is 22.8. The van der Waals surface area contributed by atoms with Crippen molar-refractivity contribution in [1.29, 1.82) is 0 Å². The molecule has 0 saturated carbocycles. The molecule has 0 aromatic heterocycles. The van der Waals surface area contributed by atoms with E-state index in [2.05, 4.69) is 21.2 Å². The first-order valence-corrected chi connectivity index (χ1v) is 6.52. The fourth-order valence-corrected chi connectivity index (χ4v) is 1.78. The van der Waals surface area contributed by atoms with Gasteiger partial charge in [0, 0.05) is 12.8 Å². The van der Waals surface area contributed by atoms with Crippen LogP contribution >= 0.6 is 0 Å². The minimum atomic E-state index is -1.20. The lowest BCUT2D eigenvalue weighted by molar-refractivity contribution is 0.0496. The second-order valence-electron chi connectivity index (χ2n) is 5.55. The van der Waals surface area contributed by atoms with Crippen molar-refractivity contribution >= 4 is 18.4 Å². The molecule has 0 aliphatic carbocycles. The topological polar surface area (TPSA) is 112 Å². The fourth-order valence-electron chi connectivity index (χ4n) is 1.78. The molecular formula is C12H22N4O4. The van der Waals surface area contributed by atoms with Gasteiger partial charge in [-0.25, -0.2) is 15.0 Å². The standard InChI is InChI=1S/C12H22N4O4/c1-12(2,3)20-11(19)14-8-5-4-6-13-7-9(8)15-16-10(17)18/h7-9,15-16H,4-6H2,1-3H3,(H,14,19)(H,17,18). The van der Waals surface area contributed by atoms with Gasteiger partial charge < -0.3 is 15.2 Å². The van der Waals surface area contributed by atoms with E-state index in [1.54, 1.807) is 27.0 Å². The highest BCUT2D eigenvalue weighted by atomic mass is 16.6. The molecule has 2 unspecified atom stereocenters. The second kappa shape index (κ2) is 7.09. The van der Waals surface area contributed by atoms with Crippen molar-refractivity contribution in [3.63, 3.8) is 0 Å². The maximum atomic E-state index is 11.8. The number of nitrogens with one attached hydrogen (secondary N) is 3. The van der Waals surface area contributed by atoms with Crippen LogP contribution in [-0.2, 0) is 4.74 Å². The minimum Gasteiger partial charge on any atom is -0.464 e. The Morgan fingerprint density at radius 1 is 1.40 bits per heavy atom. The van der Waals surface area contributed by atoms with Crippen molar-refractivity contribution in [1.82, 2.24) is 16.2 Å². The number of carboxylic acid groups (broad SMARTS) is 1. The van der Waals surface area contributed by atoms with Crippen LogP contribution in [0.15, 0.2) is 4.99 Å². The van der Waals surface area contributed by atoms with Gasteiger partial charge >= 0.3 is 12.2 Å². The Kier molecular flexibility index (Phi) is 5.75. The summed E-state index contributed by atoms with van der Waals surface area (Å²) >= 11 is 0. The molecule has 0 bridgehead atoms. The molecular weight excluding hydrogens is 264 g/mol. The van der Waals surface area contributed by atoms with E-state index in [1.807, 2.05) is 0 Å². The van der Waals surface area contributed by atoms with Crippen molar-refractivity contribution in [2.45, 2.75) is 51.3 Å². The summed E-state index contributed by atoms with van der Waals surface area (Å²) < 4.78 is 5.20. The van der Waals surface area contributed by atoms with E-state index in [-0.39, 0.29) is 6.04 Å². The summed E-state index contributed by atoms with van der Waals surface area (Å²) in [7, 11) is 0. The van der Waals surface area contributed by atoms with E-state index < -0.39 is 23.8 Å². The van der Waals surface area contributed by atoms with E-state index in [0.29, 0.717) is 13.0 Å². The lowest BCUT2D eigenvalue weighted by Crippen LogP contribution is -2.56. The van der Waals surface area contributed by atoms with Crippen molar-refractivity contribution in [2.75, 3.05) is 6.54 Å². The average Bonchev–Trinajstić information content (AvgIpc) is 2.49. The van der Waals surface area contributed by atoms with Gasteiger partial charge in [-0.15, -0.1) is 0 Å². The Labute approximate surface area is 117 Å². The number of carbonyl (C=O) groups excluding carboxylic acids is 1. The lowest BCUT2D eigenvalue weighted by Gasteiger charge is -2.26. The molecule has 2 atom stereocenters. The molecule has 1 rings (SSSR count). The van der Waals surface area contributed by atoms with Crippen molar-refractivity contribution < 1.29 is 19.4 Å². The van der Waals surface area contributed by atoms with E-state index in [1.165, 1.54) is 0 Å². The molecule has 8 heteroatoms. The first kappa shape index (κ1) is 16.2. The van der Waals surface area contributed by atoms with Crippen LogP contribution in [-0.4, -0.2) is 47.7 Å². The molecule has 0 saturated heterocycles. The molecule has 2 amide bonds. The molecule has 0 radical (unpaired) electrons. The molecule has 1 aliphatic rings. The van der Waals surface area contributed by atoms with E-state index >= 15 is 0 Å². The molecule has 0 spiro atoms. The van der Waals surface area contributed by atoms with Gasteiger partial charge in [-0.1, -0.05) is 0 Å². The summed E-state index contributed by atoms with van der Waals surface area (Å²) in [6.07, 6.45) is 1.37. The van der Waals surface area contributed by atoms with Crippen LogP contribution in [0.2, 0.25) is 0 Å². The molecule has 1 heterocycles. The average molecular weight is 286 g/mol. The monoisotopic (exact) mass is 286 g/mol. The number of nitrogens with zero attached hydrogens (tertiary/aromatic N) is 1. The zero-order valence-corrected chi connectivity index (χ0v) is 12.0. The number of aliphatic imine (C=N–C) groups is 1. The third-order valence-electron chi connectivity index (χ3n) is 2.55. The Balaban J connectivity index is 2.60. The van der Waals surface area contributed by atoms with Crippen LogP contribution in [0.3, 0.4) is 0 Å². The van der Waals surface area contributed by atoms with Crippen LogP contribution in [0, 0.1) is 0 Å². The summed E-state index contributed by atoms with van der Waals surface area (Å²) in [5.41, 5.74) is 4.11. The number of hydrazine groups is 1. The smallest absolute Gasteiger partial charge is 0.419 e. The maximum Gasteiger partial charge on any atom is 0.419 e. The third-order valence-corrected chi connectivity index (χ3v) is 2.55. The third kappa shape index (κ3) is 6.37. The number of alkyl carbamates (subject to hydrolysis) is 1. The molecule has 1 aliphatic heterocycles. The van der Waals surface area contributed by atoms with Crippen molar-refractivity contribution in [2.24, 2.45) is 4.99 Å². The number of amides is 2. The maximum absolute atomic E-state index is 11.8. The van der Waals surface area contributed by atoms with Gasteiger partial charge in [0.15, 0.2) is 0 Å². The number of rotatable bonds is 3. The van der Waals surface area contributed by atoms with Crippen LogP contribution in [0.5, 0.6) is 0 Å². The van der Waals surface area contributed by atoms with E-state index in [4.69, 9.17) is 9.84 Å².